The highest BCUT2D eigenvalue weighted by Crippen LogP contribution is 2.36. The van der Waals surface area contributed by atoms with Crippen molar-refractivity contribution < 1.29 is 14.2 Å². The molecular formula is C17H28N2O3. The normalized spacial score (nSPS) is 18.0. The number of rotatable bonds is 7. The highest BCUT2D eigenvalue weighted by Gasteiger charge is 2.18. The maximum absolute atomic E-state index is 5.99. The van der Waals surface area contributed by atoms with E-state index < -0.39 is 0 Å². The Morgan fingerprint density at radius 2 is 1.64 bits per heavy atom. The maximum atomic E-state index is 5.99. The highest BCUT2D eigenvalue weighted by molar-refractivity contribution is 5.51. The van der Waals surface area contributed by atoms with Gasteiger partial charge in [0.05, 0.1) is 20.8 Å². The van der Waals surface area contributed by atoms with Crippen LogP contribution in [0.4, 0.5) is 0 Å². The number of benzene rings is 1. The molecule has 5 nitrogen and oxygen atoms in total. The van der Waals surface area contributed by atoms with Gasteiger partial charge in [-0.15, -0.1) is 0 Å². The van der Waals surface area contributed by atoms with Gasteiger partial charge in [0.1, 0.15) is 0 Å². The summed E-state index contributed by atoms with van der Waals surface area (Å²) in [5, 5.41) is 0. The van der Waals surface area contributed by atoms with E-state index in [9.17, 15) is 0 Å². The van der Waals surface area contributed by atoms with Crippen LogP contribution in [0.1, 0.15) is 6.92 Å². The zero-order valence-corrected chi connectivity index (χ0v) is 14.2. The first-order chi connectivity index (χ1) is 10.6. The van der Waals surface area contributed by atoms with Crippen molar-refractivity contribution in [1.82, 2.24) is 9.80 Å². The lowest BCUT2D eigenvalue weighted by Gasteiger charge is -2.33. The number of ether oxygens (including phenoxy) is 3. The Balaban J connectivity index is 1.87. The number of nitrogens with zero attached hydrogens (tertiary/aromatic N) is 2. The van der Waals surface area contributed by atoms with Crippen LogP contribution in [-0.2, 0) is 0 Å². The van der Waals surface area contributed by atoms with Crippen molar-refractivity contribution in [3.05, 3.63) is 18.2 Å². The van der Waals surface area contributed by atoms with Gasteiger partial charge in [0.2, 0.25) is 5.75 Å². The van der Waals surface area contributed by atoms with Crippen LogP contribution in [0.15, 0.2) is 18.2 Å². The molecule has 1 aromatic carbocycles. The molecule has 0 saturated carbocycles. The van der Waals surface area contributed by atoms with Crippen LogP contribution >= 0.6 is 0 Å². The second-order valence-corrected chi connectivity index (χ2v) is 6.01. The smallest absolute Gasteiger partial charge is 0.203 e. The van der Waals surface area contributed by atoms with E-state index in [-0.39, 0.29) is 0 Å². The van der Waals surface area contributed by atoms with Gasteiger partial charge < -0.3 is 24.0 Å². The molecule has 1 saturated heterocycles. The van der Waals surface area contributed by atoms with Crippen LogP contribution in [0.5, 0.6) is 17.2 Å². The lowest BCUT2D eigenvalue weighted by Crippen LogP contribution is -2.46. The fraction of sp³-hybridized carbons (Fsp3) is 0.647. The summed E-state index contributed by atoms with van der Waals surface area (Å²) in [6.07, 6.45) is 0. The van der Waals surface area contributed by atoms with Crippen LogP contribution in [0, 0.1) is 5.92 Å². The molecule has 0 bridgehead atoms. The van der Waals surface area contributed by atoms with Gasteiger partial charge in [0, 0.05) is 38.6 Å². The number of para-hydroxylation sites is 1. The standard InChI is InChI=1S/C17H28N2O3/c1-14(12-19-10-8-18(2)9-11-19)13-22-17-15(20-3)6-5-7-16(17)21-4/h5-7,14H,8-13H2,1-4H3/t14-/m1/s1. The van der Waals surface area contributed by atoms with Gasteiger partial charge in [-0.1, -0.05) is 13.0 Å². The summed E-state index contributed by atoms with van der Waals surface area (Å²) in [7, 11) is 5.47. The molecular weight excluding hydrogens is 280 g/mol. The summed E-state index contributed by atoms with van der Waals surface area (Å²) < 4.78 is 16.7. The van der Waals surface area contributed by atoms with Gasteiger partial charge >= 0.3 is 0 Å². The Labute approximate surface area is 133 Å². The maximum Gasteiger partial charge on any atom is 0.203 e. The topological polar surface area (TPSA) is 34.2 Å². The summed E-state index contributed by atoms with van der Waals surface area (Å²) in [5.41, 5.74) is 0. The molecule has 0 unspecified atom stereocenters. The van der Waals surface area contributed by atoms with E-state index in [0.29, 0.717) is 29.8 Å². The first kappa shape index (κ1) is 16.9. The zero-order chi connectivity index (χ0) is 15.9. The molecule has 0 spiro atoms. The molecule has 2 rings (SSSR count). The summed E-state index contributed by atoms with van der Waals surface area (Å²) in [4.78, 5) is 4.88. The second kappa shape index (κ2) is 8.25. The molecule has 0 aliphatic carbocycles. The van der Waals surface area contributed by atoms with E-state index in [1.54, 1.807) is 14.2 Å². The highest BCUT2D eigenvalue weighted by atomic mass is 16.5. The zero-order valence-electron chi connectivity index (χ0n) is 14.2. The predicted octanol–water partition coefficient (Wildman–Crippen LogP) is 1.97. The van der Waals surface area contributed by atoms with Crippen molar-refractivity contribution in [2.75, 3.05) is 60.6 Å². The third kappa shape index (κ3) is 4.52. The van der Waals surface area contributed by atoms with Gasteiger partial charge in [-0.2, -0.15) is 0 Å². The van der Waals surface area contributed by atoms with E-state index in [2.05, 4.69) is 23.8 Å². The monoisotopic (exact) mass is 308 g/mol. The number of hydrogen-bond acceptors (Lipinski definition) is 5. The molecule has 1 aliphatic rings. The third-order valence-corrected chi connectivity index (χ3v) is 4.06. The first-order valence-corrected chi connectivity index (χ1v) is 7.88. The largest absolute Gasteiger partial charge is 0.493 e. The molecule has 1 heterocycles. The van der Waals surface area contributed by atoms with Crippen LogP contribution in [0.2, 0.25) is 0 Å². The predicted molar refractivity (Wildman–Crippen MR) is 88.1 cm³/mol. The molecule has 0 aromatic heterocycles. The average molecular weight is 308 g/mol. The SMILES string of the molecule is COc1cccc(OC)c1OC[C@H](C)CN1CCN(C)CC1. The Bertz CT molecular complexity index is 437. The molecule has 5 heteroatoms. The number of hydrogen-bond donors (Lipinski definition) is 0. The van der Waals surface area contributed by atoms with Gasteiger partial charge in [0.15, 0.2) is 11.5 Å². The lowest BCUT2D eigenvalue weighted by molar-refractivity contribution is 0.122. The number of methoxy groups -OCH3 is 2. The fourth-order valence-corrected chi connectivity index (χ4v) is 2.71. The van der Waals surface area contributed by atoms with Crippen LogP contribution < -0.4 is 14.2 Å². The molecule has 0 N–H and O–H groups in total. The van der Waals surface area contributed by atoms with E-state index in [1.807, 2.05) is 18.2 Å². The molecule has 1 atom stereocenters. The Hall–Kier alpha value is -1.46. The van der Waals surface area contributed by atoms with Gasteiger partial charge in [-0.25, -0.2) is 0 Å². The Morgan fingerprint density at radius 3 is 2.18 bits per heavy atom. The summed E-state index contributed by atoms with van der Waals surface area (Å²) in [6.45, 7) is 8.51. The molecule has 1 aromatic rings. The van der Waals surface area contributed by atoms with E-state index in [1.165, 1.54) is 0 Å². The quantitative estimate of drug-likeness (QED) is 0.769. The van der Waals surface area contributed by atoms with Crippen LogP contribution in [0.3, 0.4) is 0 Å². The van der Waals surface area contributed by atoms with Crippen molar-refractivity contribution in [1.29, 1.82) is 0 Å². The number of likely N-dealkylation sites (N-methyl/N-ethyl adjacent to an activating group) is 1. The first-order valence-electron chi connectivity index (χ1n) is 7.88. The molecule has 1 fully saturated rings. The molecule has 124 valence electrons. The Morgan fingerprint density at radius 1 is 1.05 bits per heavy atom. The van der Waals surface area contributed by atoms with Crippen molar-refractivity contribution in [2.45, 2.75) is 6.92 Å². The number of piperazine rings is 1. The molecule has 22 heavy (non-hydrogen) atoms. The van der Waals surface area contributed by atoms with E-state index in [0.717, 1.165) is 32.7 Å². The summed E-state index contributed by atoms with van der Waals surface area (Å²) in [6, 6.07) is 5.68. The molecule has 1 aliphatic heterocycles. The minimum atomic E-state index is 0.457. The van der Waals surface area contributed by atoms with Crippen LogP contribution in [0.25, 0.3) is 0 Å². The van der Waals surface area contributed by atoms with E-state index >= 15 is 0 Å². The second-order valence-electron chi connectivity index (χ2n) is 6.01. The van der Waals surface area contributed by atoms with Gasteiger partial charge in [-0.05, 0) is 19.2 Å². The van der Waals surface area contributed by atoms with Crippen molar-refractivity contribution in [3.8, 4) is 17.2 Å². The third-order valence-electron chi connectivity index (χ3n) is 4.06. The van der Waals surface area contributed by atoms with Crippen LogP contribution in [-0.4, -0.2) is 70.4 Å². The lowest BCUT2D eigenvalue weighted by atomic mass is 10.1. The Kier molecular flexibility index (Phi) is 6.34. The summed E-state index contributed by atoms with van der Waals surface area (Å²) >= 11 is 0. The minimum absolute atomic E-state index is 0.457. The van der Waals surface area contributed by atoms with Crippen molar-refractivity contribution in [2.24, 2.45) is 5.92 Å². The molecule has 0 amide bonds. The van der Waals surface area contributed by atoms with Gasteiger partial charge in [-0.3, -0.25) is 0 Å². The fourth-order valence-electron chi connectivity index (χ4n) is 2.71. The van der Waals surface area contributed by atoms with Crippen molar-refractivity contribution in [3.63, 3.8) is 0 Å². The summed E-state index contributed by atoms with van der Waals surface area (Å²) in [5.74, 6) is 2.58. The molecule has 0 radical (unpaired) electrons. The average Bonchev–Trinajstić information content (AvgIpc) is 2.54. The van der Waals surface area contributed by atoms with Crippen molar-refractivity contribution >= 4 is 0 Å². The minimum Gasteiger partial charge on any atom is -0.493 e. The van der Waals surface area contributed by atoms with Gasteiger partial charge in [0.25, 0.3) is 0 Å². The van der Waals surface area contributed by atoms with E-state index in [4.69, 9.17) is 14.2 Å².